The van der Waals surface area contributed by atoms with E-state index >= 15 is 0 Å². The molecule has 3 heterocycles. The van der Waals surface area contributed by atoms with E-state index in [0.29, 0.717) is 17.1 Å². The Morgan fingerprint density at radius 2 is 1.80 bits per heavy atom. The predicted molar refractivity (Wildman–Crippen MR) is 119 cm³/mol. The average molecular weight is 415 g/mol. The lowest BCUT2D eigenvalue weighted by Crippen LogP contribution is -2.27. The minimum atomic E-state index is -0.200. The Kier molecular flexibility index (Phi) is 4.60. The van der Waals surface area contributed by atoms with E-state index in [1.807, 2.05) is 49.5 Å². The second kappa shape index (κ2) is 7.43. The molecule has 5 rings (SSSR count). The van der Waals surface area contributed by atoms with Crippen LogP contribution in [-0.4, -0.2) is 26.2 Å². The molecule has 0 fully saturated rings. The number of carbonyl (C=O) groups is 1. The molecule has 1 atom stereocenters. The number of hydrogen-bond acceptors (Lipinski definition) is 3. The molecule has 1 amide bonds. The number of amides is 1. The molecule has 0 saturated carbocycles. The smallest absolute Gasteiger partial charge is 0.276 e. The van der Waals surface area contributed by atoms with Gasteiger partial charge in [-0.1, -0.05) is 60.1 Å². The van der Waals surface area contributed by atoms with Gasteiger partial charge >= 0.3 is 0 Å². The minimum Gasteiger partial charge on any atom is -0.350 e. The Morgan fingerprint density at radius 3 is 2.57 bits per heavy atom. The zero-order valence-corrected chi connectivity index (χ0v) is 17.1. The van der Waals surface area contributed by atoms with Crippen LogP contribution in [0.3, 0.4) is 0 Å². The number of halogens is 1. The average Bonchev–Trinajstić information content (AvgIpc) is 3.36. The Bertz CT molecular complexity index is 1260. The molecule has 6 heteroatoms. The van der Waals surface area contributed by atoms with Gasteiger partial charge in [0.25, 0.3) is 5.91 Å². The van der Waals surface area contributed by atoms with E-state index in [4.69, 9.17) is 16.7 Å². The zero-order valence-electron chi connectivity index (χ0n) is 16.4. The molecule has 1 aliphatic rings. The number of nitrogens with zero attached hydrogens (tertiary/aromatic N) is 4. The number of benzene rings is 2. The molecule has 4 aromatic rings. The van der Waals surface area contributed by atoms with Crippen LogP contribution in [0.2, 0.25) is 5.15 Å². The fourth-order valence-electron chi connectivity index (χ4n) is 4.02. The SMILES string of the molecule is Cn1cc(C2CC(c3ccccc3)=NN2C(=O)c2ccc(Cl)nc2)c2ccccc21. The highest BCUT2D eigenvalue weighted by Gasteiger charge is 2.35. The standard InChI is InChI=1S/C24H19ClN4O/c1-28-15-19(18-9-5-6-10-21(18)28)22-13-20(16-7-3-2-4-8-16)27-29(22)24(30)17-11-12-23(25)26-14-17/h2-12,14-15,22H,13H2,1H3. The molecule has 0 N–H and O–H groups in total. The molecule has 0 saturated heterocycles. The summed E-state index contributed by atoms with van der Waals surface area (Å²) in [7, 11) is 2.02. The monoisotopic (exact) mass is 414 g/mol. The van der Waals surface area contributed by atoms with Gasteiger partial charge in [-0.3, -0.25) is 4.79 Å². The molecule has 2 aromatic heterocycles. The summed E-state index contributed by atoms with van der Waals surface area (Å²) in [5, 5.41) is 7.83. The van der Waals surface area contributed by atoms with E-state index in [0.717, 1.165) is 27.7 Å². The molecule has 148 valence electrons. The highest BCUT2D eigenvalue weighted by atomic mass is 35.5. The third-order valence-corrected chi connectivity index (χ3v) is 5.71. The van der Waals surface area contributed by atoms with Gasteiger partial charge in [0.1, 0.15) is 5.15 Å². The third-order valence-electron chi connectivity index (χ3n) is 5.49. The van der Waals surface area contributed by atoms with Crippen molar-refractivity contribution < 1.29 is 4.79 Å². The number of carbonyl (C=O) groups excluding carboxylic acids is 1. The Balaban J connectivity index is 1.61. The van der Waals surface area contributed by atoms with Crippen molar-refractivity contribution in [1.82, 2.24) is 14.6 Å². The third kappa shape index (κ3) is 3.17. The second-order valence-corrected chi connectivity index (χ2v) is 7.75. The Morgan fingerprint density at radius 1 is 1.03 bits per heavy atom. The van der Waals surface area contributed by atoms with Crippen LogP contribution in [0.4, 0.5) is 0 Å². The molecule has 0 spiro atoms. The van der Waals surface area contributed by atoms with Gasteiger partial charge in [0.2, 0.25) is 0 Å². The predicted octanol–water partition coefficient (Wildman–Crippen LogP) is 5.22. The zero-order chi connectivity index (χ0) is 20.7. The van der Waals surface area contributed by atoms with Crippen LogP contribution in [0.25, 0.3) is 10.9 Å². The molecular weight excluding hydrogens is 396 g/mol. The summed E-state index contributed by atoms with van der Waals surface area (Å²) in [5.41, 5.74) is 4.58. The number of hydrogen-bond donors (Lipinski definition) is 0. The summed E-state index contributed by atoms with van der Waals surface area (Å²) in [6.07, 6.45) is 4.24. The molecule has 1 aliphatic heterocycles. The van der Waals surface area contributed by atoms with E-state index in [-0.39, 0.29) is 11.9 Å². The van der Waals surface area contributed by atoms with Crippen molar-refractivity contribution in [2.75, 3.05) is 0 Å². The van der Waals surface area contributed by atoms with E-state index in [1.54, 1.807) is 17.1 Å². The minimum absolute atomic E-state index is 0.192. The van der Waals surface area contributed by atoms with Crippen molar-refractivity contribution in [2.45, 2.75) is 12.5 Å². The second-order valence-electron chi connectivity index (χ2n) is 7.36. The molecule has 1 unspecified atom stereocenters. The fraction of sp³-hybridized carbons (Fsp3) is 0.125. The molecule has 0 aliphatic carbocycles. The van der Waals surface area contributed by atoms with E-state index in [2.05, 4.69) is 27.9 Å². The largest absolute Gasteiger partial charge is 0.350 e. The van der Waals surface area contributed by atoms with Crippen LogP contribution in [0.5, 0.6) is 0 Å². The molecule has 30 heavy (non-hydrogen) atoms. The van der Waals surface area contributed by atoms with Gasteiger partial charge in [-0.15, -0.1) is 0 Å². The number of aromatic nitrogens is 2. The fourth-order valence-corrected chi connectivity index (χ4v) is 4.13. The van der Waals surface area contributed by atoms with Crippen LogP contribution >= 0.6 is 11.6 Å². The first-order valence-corrected chi connectivity index (χ1v) is 10.1. The van der Waals surface area contributed by atoms with Crippen LogP contribution in [0, 0.1) is 0 Å². The number of para-hydroxylation sites is 1. The number of rotatable bonds is 3. The topological polar surface area (TPSA) is 50.5 Å². The summed E-state index contributed by atoms with van der Waals surface area (Å²) in [4.78, 5) is 17.5. The van der Waals surface area contributed by atoms with Crippen molar-refractivity contribution in [3.05, 3.63) is 101 Å². The lowest BCUT2D eigenvalue weighted by atomic mass is 9.98. The Labute approximate surface area is 179 Å². The van der Waals surface area contributed by atoms with Gasteiger partial charge in [-0.25, -0.2) is 9.99 Å². The van der Waals surface area contributed by atoms with Crippen molar-refractivity contribution in [1.29, 1.82) is 0 Å². The van der Waals surface area contributed by atoms with Gasteiger partial charge in [0.15, 0.2) is 0 Å². The van der Waals surface area contributed by atoms with Gasteiger partial charge in [0, 0.05) is 42.3 Å². The van der Waals surface area contributed by atoms with E-state index in [1.165, 1.54) is 6.20 Å². The quantitative estimate of drug-likeness (QED) is 0.431. The Hall–Kier alpha value is -3.44. The molecule has 5 nitrogen and oxygen atoms in total. The summed E-state index contributed by atoms with van der Waals surface area (Å²) >= 11 is 5.91. The van der Waals surface area contributed by atoms with Crippen molar-refractivity contribution in [3.63, 3.8) is 0 Å². The van der Waals surface area contributed by atoms with Crippen LogP contribution < -0.4 is 0 Å². The van der Waals surface area contributed by atoms with Crippen molar-refractivity contribution in [2.24, 2.45) is 12.1 Å². The number of aryl methyl sites for hydroxylation is 1. The first kappa shape index (κ1) is 18.6. The molecule has 0 radical (unpaired) electrons. The number of hydrazone groups is 1. The lowest BCUT2D eigenvalue weighted by Gasteiger charge is -2.21. The first-order valence-electron chi connectivity index (χ1n) is 9.74. The van der Waals surface area contributed by atoms with Crippen LogP contribution in [-0.2, 0) is 7.05 Å². The summed E-state index contributed by atoms with van der Waals surface area (Å²) in [6.45, 7) is 0. The first-order chi connectivity index (χ1) is 14.6. The highest BCUT2D eigenvalue weighted by molar-refractivity contribution is 6.29. The van der Waals surface area contributed by atoms with E-state index < -0.39 is 0 Å². The number of pyridine rings is 1. The van der Waals surface area contributed by atoms with Crippen molar-refractivity contribution >= 4 is 34.1 Å². The van der Waals surface area contributed by atoms with Crippen molar-refractivity contribution in [3.8, 4) is 0 Å². The summed E-state index contributed by atoms with van der Waals surface area (Å²) in [6, 6.07) is 21.3. The van der Waals surface area contributed by atoms with Gasteiger partial charge in [-0.05, 0) is 23.8 Å². The van der Waals surface area contributed by atoms with Crippen LogP contribution in [0.15, 0.2) is 84.2 Å². The van der Waals surface area contributed by atoms with Gasteiger partial charge < -0.3 is 4.57 Å². The van der Waals surface area contributed by atoms with Gasteiger partial charge in [-0.2, -0.15) is 5.10 Å². The van der Waals surface area contributed by atoms with Gasteiger partial charge in [0.05, 0.1) is 17.3 Å². The number of fused-ring (bicyclic) bond motifs is 1. The highest BCUT2D eigenvalue weighted by Crippen LogP contribution is 2.38. The summed E-state index contributed by atoms with van der Waals surface area (Å²) < 4.78 is 2.09. The molecule has 2 aromatic carbocycles. The van der Waals surface area contributed by atoms with E-state index in [9.17, 15) is 4.79 Å². The maximum absolute atomic E-state index is 13.4. The maximum Gasteiger partial charge on any atom is 0.276 e. The maximum atomic E-state index is 13.4. The van der Waals surface area contributed by atoms with Crippen LogP contribution in [0.1, 0.15) is 33.9 Å². The summed E-state index contributed by atoms with van der Waals surface area (Å²) in [5.74, 6) is -0.192. The molecular formula is C24H19ClN4O. The molecule has 0 bridgehead atoms. The normalized spacial score (nSPS) is 16.1. The lowest BCUT2D eigenvalue weighted by molar-refractivity contribution is 0.0711.